The molecule has 1 N–H and O–H groups in total. The molecule has 1 aromatic carbocycles. The molecule has 0 aliphatic heterocycles. The van der Waals surface area contributed by atoms with Crippen LogP contribution in [-0.2, 0) is 20.8 Å². The van der Waals surface area contributed by atoms with E-state index in [1.54, 1.807) is 6.08 Å². The highest BCUT2D eigenvalue weighted by Gasteiger charge is 2.15. The molecule has 0 radical (unpaired) electrons. The summed E-state index contributed by atoms with van der Waals surface area (Å²) in [6.45, 7) is 3.64. The SMILES string of the molecule is C=Cc1ccc(CCC(=O)CC(=O)C(=O)O)cc1. The van der Waals surface area contributed by atoms with Crippen molar-refractivity contribution < 1.29 is 19.5 Å². The summed E-state index contributed by atoms with van der Waals surface area (Å²) in [6.07, 6.45) is 1.87. The Morgan fingerprint density at radius 3 is 2.28 bits per heavy atom. The van der Waals surface area contributed by atoms with Gasteiger partial charge in [0.05, 0.1) is 6.42 Å². The molecule has 1 rings (SSSR count). The predicted octanol–water partition coefficient (Wildman–Crippen LogP) is 1.88. The molecule has 0 unspecified atom stereocenters. The van der Waals surface area contributed by atoms with Crippen LogP contribution in [0.3, 0.4) is 0 Å². The quantitative estimate of drug-likeness (QED) is 0.589. The van der Waals surface area contributed by atoms with Crippen molar-refractivity contribution in [2.45, 2.75) is 19.3 Å². The zero-order chi connectivity index (χ0) is 13.5. The molecule has 0 aliphatic rings. The number of carboxylic acid groups (broad SMARTS) is 1. The second kappa shape index (κ2) is 6.49. The lowest BCUT2D eigenvalue weighted by Gasteiger charge is -2.01. The molecule has 0 fully saturated rings. The van der Waals surface area contributed by atoms with Gasteiger partial charge in [0, 0.05) is 6.42 Å². The van der Waals surface area contributed by atoms with E-state index in [-0.39, 0.29) is 12.2 Å². The zero-order valence-corrected chi connectivity index (χ0v) is 9.89. The van der Waals surface area contributed by atoms with E-state index >= 15 is 0 Å². The summed E-state index contributed by atoms with van der Waals surface area (Å²) in [4.78, 5) is 32.4. The number of aliphatic carboxylic acids is 1. The average molecular weight is 246 g/mol. The van der Waals surface area contributed by atoms with Gasteiger partial charge >= 0.3 is 5.97 Å². The lowest BCUT2D eigenvalue weighted by molar-refractivity contribution is -0.150. The minimum Gasteiger partial charge on any atom is -0.475 e. The number of rotatable bonds is 7. The zero-order valence-electron chi connectivity index (χ0n) is 9.89. The second-order valence-electron chi connectivity index (χ2n) is 3.89. The fourth-order valence-electron chi connectivity index (χ4n) is 1.45. The van der Waals surface area contributed by atoms with Crippen molar-refractivity contribution in [2.75, 3.05) is 0 Å². The highest BCUT2D eigenvalue weighted by molar-refractivity contribution is 6.36. The fourth-order valence-corrected chi connectivity index (χ4v) is 1.45. The molecular weight excluding hydrogens is 232 g/mol. The maximum Gasteiger partial charge on any atom is 0.372 e. The maximum atomic E-state index is 11.4. The smallest absolute Gasteiger partial charge is 0.372 e. The summed E-state index contributed by atoms with van der Waals surface area (Å²) < 4.78 is 0. The van der Waals surface area contributed by atoms with Gasteiger partial charge in [-0.15, -0.1) is 0 Å². The molecule has 0 bridgehead atoms. The largest absolute Gasteiger partial charge is 0.475 e. The standard InChI is InChI=1S/C14H14O4/c1-2-10-3-5-11(6-4-10)7-8-12(15)9-13(16)14(17)18/h2-6H,1,7-9H2,(H,17,18). The average Bonchev–Trinajstić information content (AvgIpc) is 2.36. The Balaban J connectivity index is 2.44. The van der Waals surface area contributed by atoms with E-state index in [2.05, 4.69) is 6.58 Å². The molecular formula is C14H14O4. The Bertz CT molecular complexity index is 471. The summed E-state index contributed by atoms with van der Waals surface area (Å²) in [5.41, 5.74) is 1.96. The third-order valence-electron chi connectivity index (χ3n) is 2.50. The lowest BCUT2D eigenvalue weighted by Crippen LogP contribution is -2.17. The first kappa shape index (κ1) is 13.8. The van der Waals surface area contributed by atoms with Gasteiger partial charge in [-0.25, -0.2) is 4.79 Å². The number of carbonyl (C=O) groups is 3. The summed E-state index contributed by atoms with van der Waals surface area (Å²) in [6, 6.07) is 7.52. The van der Waals surface area contributed by atoms with E-state index in [4.69, 9.17) is 5.11 Å². The second-order valence-corrected chi connectivity index (χ2v) is 3.89. The number of carboxylic acids is 1. The predicted molar refractivity (Wildman–Crippen MR) is 67.1 cm³/mol. The molecule has 1 aromatic rings. The summed E-state index contributed by atoms with van der Waals surface area (Å²) in [7, 11) is 0. The van der Waals surface area contributed by atoms with Gasteiger partial charge in [0.15, 0.2) is 0 Å². The van der Waals surface area contributed by atoms with Gasteiger partial charge in [-0.3, -0.25) is 9.59 Å². The van der Waals surface area contributed by atoms with Gasteiger partial charge < -0.3 is 5.11 Å². The number of ketones is 2. The Hall–Kier alpha value is -2.23. The maximum absolute atomic E-state index is 11.4. The molecule has 4 nitrogen and oxygen atoms in total. The van der Waals surface area contributed by atoms with Crippen LogP contribution in [0.15, 0.2) is 30.8 Å². The number of benzene rings is 1. The van der Waals surface area contributed by atoms with Crippen molar-refractivity contribution in [3.05, 3.63) is 42.0 Å². The lowest BCUT2D eigenvalue weighted by atomic mass is 10.0. The molecule has 4 heteroatoms. The first-order valence-corrected chi connectivity index (χ1v) is 5.52. The van der Waals surface area contributed by atoms with E-state index in [1.807, 2.05) is 24.3 Å². The normalized spacial score (nSPS) is 9.78. The van der Waals surface area contributed by atoms with E-state index in [0.29, 0.717) is 6.42 Å². The highest BCUT2D eigenvalue weighted by atomic mass is 16.4. The Morgan fingerprint density at radius 2 is 1.78 bits per heavy atom. The van der Waals surface area contributed by atoms with Gasteiger partial charge in [-0.05, 0) is 17.5 Å². The molecule has 0 heterocycles. The summed E-state index contributed by atoms with van der Waals surface area (Å²) in [5.74, 6) is -2.96. The van der Waals surface area contributed by atoms with Gasteiger partial charge in [-0.1, -0.05) is 36.9 Å². The minimum absolute atomic E-state index is 0.173. The molecule has 0 atom stereocenters. The van der Waals surface area contributed by atoms with E-state index in [9.17, 15) is 14.4 Å². The molecule has 94 valence electrons. The molecule has 18 heavy (non-hydrogen) atoms. The van der Waals surface area contributed by atoms with Gasteiger partial charge in [0.2, 0.25) is 5.78 Å². The molecule has 0 aromatic heterocycles. The number of carbonyl (C=O) groups excluding carboxylic acids is 2. The minimum atomic E-state index is -1.56. The molecule has 0 spiro atoms. The van der Waals surface area contributed by atoms with E-state index < -0.39 is 18.2 Å². The number of hydrogen-bond acceptors (Lipinski definition) is 3. The summed E-state index contributed by atoms with van der Waals surface area (Å²) in [5, 5.41) is 8.36. The van der Waals surface area contributed by atoms with Crippen molar-refractivity contribution in [1.29, 1.82) is 0 Å². The van der Waals surface area contributed by atoms with Crippen LogP contribution in [-0.4, -0.2) is 22.6 Å². The van der Waals surface area contributed by atoms with Crippen LogP contribution in [0.5, 0.6) is 0 Å². The topological polar surface area (TPSA) is 71.4 Å². The molecule has 0 amide bonds. The van der Waals surface area contributed by atoms with Crippen LogP contribution in [0, 0.1) is 0 Å². The van der Waals surface area contributed by atoms with Gasteiger partial charge in [0.1, 0.15) is 5.78 Å². The van der Waals surface area contributed by atoms with Crippen LogP contribution in [0.1, 0.15) is 24.0 Å². The van der Waals surface area contributed by atoms with Gasteiger partial charge in [0.25, 0.3) is 0 Å². The number of aryl methyl sites for hydroxylation is 1. The molecule has 0 aliphatic carbocycles. The van der Waals surface area contributed by atoms with Crippen molar-refractivity contribution in [2.24, 2.45) is 0 Å². The van der Waals surface area contributed by atoms with Crippen molar-refractivity contribution >= 4 is 23.6 Å². The molecule has 0 saturated heterocycles. The monoisotopic (exact) mass is 246 g/mol. The highest BCUT2D eigenvalue weighted by Crippen LogP contribution is 2.08. The number of hydrogen-bond donors (Lipinski definition) is 1. The van der Waals surface area contributed by atoms with Crippen LogP contribution in [0.2, 0.25) is 0 Å². The summed E-state index contributed by atoms with van der Waals surface area (Å²) >= 11 is 0. The third-order valence-corrected chi connectivity index (χ3v) is 2.50. The van der Waals surface area contributed by atoms with Crippen molar-refractivity contribution in [3.63, 3.8) is 0 Å². The fraction of sp³-hybridized carbons (Fsp3) is 0.214. The van der Waals surface area contributed by atoms with E-state index in [1.165, 1.54) is 0 Å². The first-order valence-electron chi connectivity index (χ1n) is 5.52. The van der Waals surface area contributed by atoms with Crippen molar-refractivity contribution in [1.82, 2.24) is 0 Å². The number of Topliss-reactive ketones (excluding diaryl/α,β-unsaturated/α-hetero) is 2. The third kappa shape index (κ3) is 4.33. The van der Waals surface area contributed by atoms with Gasteiger partial charge in [-0.2, -0.15) is 0 Å². The van der Waals surface area contributed by atoms with Crippen molar-refractivity contribution in [3.8, 4) is 0 Å². The Kier molecular flexibility index (Phi) is 4.99. The molecule has 0 saturated carbocycles. The van der Waals surface area contributed by atoms with Crippen LogP contribution >= 0.6 is 0 Å². The Morgan fingerprint density at radius 1 is 1.17 bits per heavy atom. The Labute approximate surface area is 105 Å². The van der Waals surface area contributed by atoms with E-state index in [0.717, 1.165) is 11.1 Å². The first-order chi connectivity index (χ1) is 8.52. The van der Waals surface area contributed by atoms with Crippen LogP contribution in [0.25, 0.3) is 6.08 Å². The van der Waals surface area contributed by atoms with Crippen LogP contribution < -0.4 is 0 Å². The van der Waals surface area contributed by atoms with Crippen LogP contribution in [0.4, 0.5) is 0 Å².